The number of hydrogen-bond donors (Lipinski definition) is 2. The van der Waals surface area contributed by atoms with Crippen molar-refractivity contribution in [2.45, 2.75) is 26.2 Å². The minimum absolute atomic E-state index is 0.0710. The summed E-state index contributed by atoms with van der Waals surface area (Å²) in [5, 5.41) is 4.24. The number of piperazine rings is 1. The van der Waals surface area contributed by atoms with Gasteiger partial charge in [-0.25, -0.2) is 27.2 Å². The molecule has 1 saturated carbocycles. The molecule has 0 unspecified atom stereocenters. The predicted octanol–water partition coefficient (Wildman–Crippen LogP) is 4.49. The van der Waals surface area contributed by atoms with Crippen LogP contribution in [-0.2, 0) is 16.4 Å². The second kappa shape index (κ2) is 10.2. The van der Waals surface area contributed by atoms with Gasteiger partial charge in [-0.2, -0.15) is 0 Å². The van der Waals surface area contributed by atoms with Crippen molar-refractivity contribution in [2.75, 3.05) is 41.6 Å². The Kier molecular flexibility index (Phi) is 6.72. The monoisotopic (exact) mass is 552 g/mol. The van der Waals surface area contributed by atoms with Crippen molar-refractivity contribution in [3.05, 3.63) is 66.4 Å². The molecule has 2 aromatic carbocycles. The Labute approximate surface area is 226 Å². The Balaban J connectivity index is 1.55. The molecule has 1 saturated heterocycles. The molecule has 0 atom stereocenters. The Hall–Kier alpha value is -3.57. The number of anilines is 2. The fourth-order valence-corrected chi connectivity index (χ4v) is 6.97. The smallest absolute Gasteiger partial charge is 0.233 e. The maximum Gasteiger partial charge on any atom is 0.233 e. The summed E-state index contributed by atoms with van der Waals surface area (Å²) in [6.45, 7) is 5.53. The van der Waals surface area contributed by atoms with E-state index in [1.807, 2.05) is 12.1 Å². The van der Waals surface area contributed by atoms with Gasteiger partial charge in [0.1, 0.15) is 17.8 Å². The van der Waals surface area contributed by atoms with Crippen molar-refractivity contribution >= 4 is 32.3 Å². The molecule has 1 aliphatic carbocycles. The van der Waals surface area contributed by atoms with Gasteiger partial charge >= 0.3 is 0 Å². The van der Waals surface area contributed by atoms with Crippen LogP contribution in [0.3, 0.4) is 0 Å². The van der Waals surface area contributed by atoms with Gasteiger partial charge in [-0.3, -0.25) is 4.72 Å². The molecule has 2 aliphatic rings. The Morgan fingerprint density at radius 1 is 1.08 bits per heavy atom. The van der Waals surface area contributed by atoms with Crippen molar-refractivity contribution in [2.24, 2.45) is 5.92 Å². The van der Waals surface area contributed by atoms with Crippen LogP contribution < -0.4 is 14.9 Å². The number of aryl methyl sites for hydroxylation is 1. The van der Waals surface area contributed by atoms with E-state index < -0.39 is 21.7 Å². The first-order valence-electron chi connectivity index (χ1n) is 13.2. The van der Waals surface area contributed by atoms with E-state index in [1.165, 1.54) is 10.9 Å². The molecule has 3 heterocycles. The zero-order chi connectivity index (χ0) is 27.1. The average molecular weight is 553 g/mol. The molecule has 2 aromatic heterocycles. The molecule has 39 heavy (non-hydrogen) atoms. The van der Waals surface area contributed by atoms with Gasteiger partial charge in [0, 0.05) is 67.0 Å². The van der Waals surface area contributed by atoms with Crippen LogP contribution in [0.2, 0.25) is 0 Å². The van der Waals surface area contributed by atoms with Gasteiger partial charge in [-0.15, -0.1) is 0 Å². The van der Waals surface area contributed by atoms with Crippen LogP contribution in [0.4, 0.5) is 20.2 Å². The summed E-state index contributed by atoms with van der Waals surface area (Å²) in [4.78, 5) is 10.7. The van der Waals surface area contributed by atoms with Gasteiger partial charge in [0.05, 0.1) is 17.0 Å². The zero-order valence-corrected chi connectivity index (χ0v) is 22.4. The van der Waals surface area contributed by atoms with Crippen molar-refractivity contribution in [3.63, 3.8) is 0 Å². The van der Waals surface area contributed by atoms with Crippen LogP contribution in [0.5, 0.6) is 0 Å². The molecule has 6 rings (SSSR count). The summed E-state index contributed by atoms with van der Waals surface area (Å²) in [5.41, 5.74) is 3.62. The molecule has 0 bridgehead atoms. The predicted molar refractivity (Wildman–Crippen MR) is 149 cm³/mol. The minimum Gasteiger partial charge on any atom is -0.369 e. The summed E-state index contributed by atoms with van der Waals surface area (Å²) in [6.07, 6.45) is 8.87. The number of benzene rings is 2. The number of nitrogens with one attached hydrogen (secondary N) is 2. The summed E-state index contributed by atoms with van der Waals surface area (Å²) in [6, 6.07) is 6.12. The highest BCUT2D eigenvalue weighted by molar-refractivity contribution is 7.92. The van der Waals surface area contributed by atoms with Crippen LogP contribution in [0.25, 0.3) is 27.7 Å². The van der Waals surface area contributed by atoms with Crippen LogP contribution >= 0.6 is 0 Å². The third-order valence-electron chi connectivity index (χ3n) is 7.46. The van der Waals surface area contributed by atoms with E-state index in [9.17, 15) is 8.42 Å². The van der Waals surface area contributed by atoms with Crippen molar-refractivity contribution in [1.82, 2.24) is 19.9 Å². The largest absolute Gasteiger partial charge is 0.369 e. The SMILES string of the molecule is CCc1c(N2CCNCC2)ccc2c1c(-c1cncnc1)cn2-c1c(F)ccc(NS(=O)(=O)CC2CC2)c1F. The van der Waals surface area contributed by atoms with Crippen LogP contribution in [0, 0.1) is 17.6 Å². The molecule has 0 amide bonds. The number of sulfonamides is 1. The molecule has 204 valence electrons. The van der Waals surface area contributed by atoms with E-state index >= 15 is 8.78 Å². The van der Waals surface area contributed by atoms with Crippen molar-refractivity contribution < 1.29 is 17.2 Å². The molecule has 0 spiro atoms. The summed E-state index contributed by atoms with van der Waals surface area (Å²) in [7, 11) is -3.76. The minimum atomic E-state index is -3.76. The quantitative estimate of drug-likeness (QED) is 0.335. The van der Waals surface area contributed by atoms with Gasteiger partial charge in [0.25, 0.3) is 0 Å². The highest BCUT2D eigenvalue weighted by atomic mass is 32.2. The first-order valence-corrected chi connectivity index (χ1v) is 14.9. The van der Waals surface area contributed by atoms with Crippen molar-refractivity contribution in [3.8, 4) is 16.8 Å². The molecule has 1 aliphatic heterocycles. The number of aromatic nitrogens is 3. The number of nitrogens with zero attached hydrogens (tertiary/aromatic N) is 4. The van der Waals surface area contributed by atoms with Gasteiger partial charge in [-0.05, 0) is 55.0 Å². The van der Waals surface area contributed by atoms with E-state index in [4.69, 9.17) is 0 Å². The second-order valence-electron chi connectivity index (χ2n) is 10.2. The highest BCUT2D eigenvalue weighted by Gasteiger charge is 2.30. The number of rotatable bonds is 8. The van der Waals surface area contributed by atoms with E-state index in [1.54, 1.807) is 18.6 Å². The van der Waals surface area contributed by atoms with Gasteiger partial charge in [0.2, 0.25) is 10.0 Å². The zero-order valence-electron chi connectivity index (χ0n) is 21.6. The lowest BCUT2D eigenvalue weighted by Crippen LogP contribution is -2.43. The molecule has 2 fully saturated rings. The third kappa shape index (κ3) is 4.96. The topological polar surface area (TPSA) is 92.2 Å². The normalized spacial score (nSPS) is 16.1. The van der Waals surface area contributed by atoms with E-state index in [-0.39, 0.29) is 23.0 Å². The summed E-state index contributed by atoms with van der Waals surface area (Å²) < 4.78 is 60.4. The maximum absolute atomic E-state index is 16.0. The molecule has 0 radical (unpaired) electrons. The summed E-state index contributed by atoms with van der Waals surface area (Å²) in [5.74, 6) is -1.74. The molecular formula is C28H30F2N6O2S. The fourth-order valence-electron chi connectivity index (χ4n) is 5.44. The van der Waals surface area contributed by atoms with E-state index in [2.05, 4.69) is 31.8 Å². The second-order valence-corrected chi connectivity index (χ2v) is 11.9. The lowest BCUT2D eigenvalue weighted by Gasteiger charge is -2.31. The molecular weight excluding hydrogens is 522 g/mol. The molecule has 2 N–H and O–H groups in total. The number of halogens is 2. The van der Waals surface area contributed by atoms with E-state index in [0.29, 0.717) is 11.9 Å². The van der Waals surface area contributed by atoms with Crippen LogP contribution in [0.15, 0.2) is 49.2 Å². The molecule has 8 nitrogen and oxygen atoms in total. The highest BCUT2D eigenvalue weighted by Crippen LogP contribution is 2.40. The fraction of sp³-hybridized carbons (Fsp3) is 0.357. The summed E-state index contributed by atoms with van der Waals surface area (Å²) >= 11 is 0. The lowest BCUT2D eigenvalue weighted by atomic mass is 9.98. The first kappa shape index (κ1) is 25.7. The van der Waals surface area contributed by atoms with Crippen LogP contribution in [-0.4, -0.2) is 54.9 Å². The Morgan fingerprint density at radius 2 is 1.82 bits per heavy atom. The first-order chi connectivity index (χ1) is 18.9. The number of hydrogen-bond acceptors (Lipinski definition) is 6. The van der Waals surface area contributed by atoms with Gasteiger partial charge in [0.15, 0.2) is 5.82 Å². The van der Waals surface area contributed by atoms with Crippen molar-refractivity contribution in [1.29, 1.82) is 0 Å². The Bertz CT molecular complexity index is 1630. The number of fused-ring (bicyclic) bond motifs is 1. The molecule has 11 heteroatoms. The van der Waals surface area contributed by atoms with Gasteiger partial charge < -0.3 is 14.8 Å². The van der Waals surface area contributed by atoms with E-state index in [0.717, 1.165) is 78.9 Å². The molecule has 4 aromatic rings. The Morgan fingerprint density at radius 3 is 2.51 bits per heavy atom. The average Bonchev–Trinajstić information content (AvgIpc) is 3.67. The standard InChI is InChI=1S/C28H30F2N6O2S/c1-2-20-24(35-11-9-31-10-12-35)7-8-25-26(20)21(19-13-32-17-33-14-19)15-36(25)28-22(29)5-6-23(27(28)30)34-39(37,38)16-18-3-4-18/h5-8,13-15,17-18,31,34H,2-4,9-12,16H2,1H3. The van der Waals surface area contributed by atoms with Gasteiger partial charge in [-0.1, -0.05) is 6.92 Å². The van der Waals surface area contributed by atoms with Crippen LogP contribution in [0.1, 0.15) is 25.3 Å². The maximum atomic E-state index is 16.0. The third-order valence-corrected chi connectivity index (χ3v) is 8.90. The lowest BCUT2D eigenvalue weighted by molar-refractivity contribution is 0.572.